The molecule has 0 spiro atoms. The van der Waals surface area contributed by atoms with E-state index in [9.17, 15) is 18.0 Å². The van der Waals surface area contributed by atoms with Crippen LogP contribution in [0.4, 0.5) is 19.0 Å². The second-order valence-corrected chi connectivity index (χ2v) is 6.80. The number of nitrogens with one attached hydrogen (secondary N) is 1. The molecular weight excluding hydrogens is 367 g/mol. The molecule has 0 atom stereocenters. The number of fused-ring (bicyclic) bond motifs is 1. The van der Waals surface area contributed by atoms with Crippen molar-refractivity contribution in [1.29, 1.82) is 0 Å². The molecule has 0 aliphatic heterocycles. The second kappa shape index (κ2) is 7.14. The molecule has 0 saturated carbocycles. The van der Waals surface area contributed by atoms with Crippen LogP contribution in [0.15, 0.2) is 54.6 Å². The molecule has 2 aromatic carbocycles. The molecule has 0 fully saturated rings. The highest BCUT2D eigenvalue weighted by Crippen LogP contribution is 2.32. The van der Waals surface area contributed by atoms with E-state index in [1.807, 2.05) is 30.3 Å². The number of aromatic nitrogens is 2. The van der Waals surface area contributed by atoms with E-state index in [1.165, 1.54) is 12.1 Å². The molecule has 1 amide bonds. The minimum atomic E-state index is -4.43. The zero-order chi connectivity index (χ0) is 19.7. The fourth-order valence-electron chi connectivity index (χ4n) is 3.50. The van der Waals surface area contributed by atoms with E-state index >= 15 is 0 Å². The molecule has 0 radical (unpaired) electrons. The summed E-state index contributed by atoms with van der Waals surface area (Å²) in [5.74, 6) is 0.238. The molecule has 0 bridgehead atoms. The fourth-order valence-corrected chi connectivity index (χ4v) is 3.50. The number of para-hydroxylation sites is 1. The first-order valence-corrected chi connectivity index (χ1v) is 9.04. The summed E-state index contributed by atoms with van der Waals surface area (Å²) in [6, 6.07) is 14.3. The van der Waals surface area contributed by atoms with Gasteiger partial charge in [-0.2, -0.15) is 18.3 Å². The number of hydrogen-bond acceptors (Lipinski definition) is 2. The van der Waals surface area contributed by atoms with Gasteiger partial charge in [0.25, 0.3) is 0 Å². The number of aryl methyl sites for hydroxylation is 1. The number of hydrogen-bond donors (Lipinski definition) is 1. The highest BCUT2D eigenvalue weighted by Gasteiger charge is 2.30. The molecule has 144 valence electrons. The van der Waals surface area contributed by atoms with Gasteiger partial charge >= 0.3 is 6.18 Å². The lowest BCUT2D eigenvalue weighted by Gasteiger charge is -2.12. The number of carbonyl (C=O) groups excluding carboxylic acids is 1. The Kier molecular flexibility index (Phi) is 4.66. The quantitative estimate of drug-likeness (QED) is 0.716. The summed E-state index contributed by atoms with van der Waals surface area (Å²) >= 11 is 0. The molecule has 1 N–H and O–H groups in total. The number of carbonyl (C=O) groups is 1. The standard InChI is InChI=1S/C21H18F3N3O/c22-21(23,24)15-7-4-6-14(12-15)13-19(28)25-20-17-10-5-11-18(17)26-27(20)16-8-2-1-3-9-16/h1-4,6-9,12H,5,10-11,13H2,(H,25,28). The van der Waals surface area contributed by atoms with Crippen LogP contribution >= 0.6 is 0 Å². The summed E-state index contributed by atoms with van der Waals surface area (Å²) in [6.07, 6.45) is -1.92. The third kappa shape index (κ3) is 3.65. The maximum atomic E-state index is 12.9. The van der Waals surface area contributed by atoms with E-state index in [-0.39, 0.29) is 12.3 Å². The van der Waals surface area contributed by atoms with Gasteiger partial charge in [-0.05, 0) is 43.0 Å². The van der Waals surface area contributed by atoms with Gasteiger partial charge in [0, 0.05) is 5.56 Å². The number of alkyl halides is 3. The Labute approximate surface area is 160 Å². The third-order valence-corrected chi connectivity index (χ3v) is 4.78. The average molecular weight is 385 g/mol. The number of halogens is 3. The van der Waals surface area contributed by atoms with Gasteiger partial charge in [-0.15, -0.1) is 0 Å². The molecule has 1 aliphatic rings. The largest absolute Gasteiger partial charge is 0.416 e. The SMILES string of the molecule is O=C(Cc1cccc(C(F)(F)F)c1)Nc1c2c(nn1-c1ccccc1)CCC2. The van der Waals surface area contributed by atoms with Crippen LogP contribution in [0, 0.1) is 0 Å². The van der Waals surface area contributed by atoms with Crippen molar-refractivity contribution in [2.45, 2.75) is 31.9 Å². The van der Waals surface area contributed by atoms with E-state index in [2.05, 4.69) is 10.4 Å². The summed E-state index contributed by atoms with van der Waals surface area (Å²) in [4.78, 5) is 12.6. The second-order valence-electron chi connectivity index (χ2n) is 6.80. The van der Waals surface area contributed by atoms with Crippen LogP contribution in [-0.4, -0.2) is 15.7 Å². The summed E-state index contributed by atoms with van der Waals surface area (Å²) < 4.78 is 40.4. The van der Waals surface area contributed by atoms with Crippen LogP contribution in [0.25, 0.3) is 5.69 Å². The van der Waals surface area contributed by atoms with Gasteiger partial charge in [-0.1, -0.05) is 36.4 Å². The lowest BCUT2D eigenvalue weighted by molar-refractivity contribution is -0.137. The van der Waals surface area contributed by atoms with Gasteiger partial charge in [-0.3, -0.25) is 4.79 Å². The Morgan fingerprint density at radius 2 is 1.86 bits per heavy atom. The van der Waals surface area contributed by atoms with Crippen molar-refractivity contribution >= 4 is 11.7 Å². The molecule has 1 heterocycles. The molecule has 28 heavy (non-hydrogen) atoms. The van der Waals surface area contributed by atoms with Gasteiger partial charge in [0.05, 0.1) is 23.4 Å². The molecule has 4 rings (SSSR count). The Morgan fingerprint density at radius 1 is 1.07 bits per heavy atom. The van der Waals surface area contributed by atoms with Crippen LogP contribution in [0.1, 0.15) is 28.8 Å². The zero-order valence-electron chi connectivity index (χ0n) is 15.0. The van der Waals surface area contributed by atoms with Gasteiger partial charge in [-0.25, -0.2) is 4.68 Å². The third-order valence-electron chi connectivity index (χ3n) is 4.78. The number of nitrogens with zero attached hydrogens (tertiary/aromatic N) is 2. The Morgan fingerprint density at radius 3 is 2.61 bits per heavy atom. The van der Waals surface area contributed by atoms with Crippen molar-refractivity contribution in [1.82, 2.24) is 9.78 Å². The van der Waals surface area contributed by atoms with Gasteiger partial charge in [0.1, 0.15) is 5.82 Å². The molecule has 7 heteroatoms. The minimum Gasteiger partial charge on any atom is -0.310 e. The monoisotopic (exact) mass is 385 g/mol. The summed E-state index contributed by atoms with van der Waals surface area (Å²) in [5.41, 5.74) is 2.34. The number of rotatable bonds is 4. The predicted molar refractivity (Wildman–Crippen MR) is 99.4 cm³/mol. The fraction of sp³-hybridized carbons (Fsp3) is 0.238. The number of anilines is 1. The maximum absolute atomic E-state index is 12.9. The van der Waals surface area contributed by atoms with Crippen LogP contribution in [0.2, 0.25) is 0 Å². The summed E-state index contributed by atoms with van der Waals surface area (Å²) in [5, 5.41) is 7.50. The van der Waals surface area contributed by atoms with Crippen molar-refractivity contribution in [2.24, 2.45) is 0 Å². The average Bonchev–Trinajstić information content (AvgIpc) is 3.25. The Hall–Kier alpha value is -3.09. The highest BCUT2D eigenvalue weighted by atomic mass is 19.4. The number of benzene rings is 2. The normalized spacial score (nSPS) is 13.4. The summed E-state index contributed by atoms with van der Waals surface area (Å²) in [7, 11) is 0. The van der Waals surface area contributed by atoms with Crippen molar-refractivity contribution in [3.8, 4) is 5.69 Å². The molecule has 0 unspecified atom stereocenters. The first-order chi connectivity index (χ1) is 13.4. The molecule has 0 saturated heterocycles. The van der Waals surface area contributed by atoms with Gasteiger partial charge in [0.15, 0.2) is 0 Å². The van der Waals surface area contributed by atoms with E-state index in [0.29, 0.717) is 11.4 Å². The van der Waals surface area contributed by atoms with E-state index in [1.54, 1.807) is 4.68 Å². The van der Waals surface area contributed by atoms with Crippen molar-refractivity contribution in [3.63, 3.8) is 0 Å². The Bertz CT molecular complexity index is 1010. The van der Waals surface area contributed by atoms with Crippen molar-refractivity contribution < 1.29 is 18.0 Å². The maximum Gasteiger partial charge on any atom is 0.416 e. The smallest absolute Gasteiger partial charge is 0.310 e. The topological polar surface area (TPSA) is 46.9 Å². The minimum absolute atomic E-state index is 0.140. The van der Waals surface area contributed by atoms with Crippen molar-refractivity contribution in [2.75, 3.05) is 5.32 Å². The van der Waals surface area contributed by atoms with E-state index in [4.69, 9.17) is 0 Å². The molecule has 4 nitrogen and oxygen atoms in total. The highest BCUT2D eigenvalue weighted by molar-refractivity contribution is 5.92. The van der Waals surface area contributed by atoms with Crippen LogP contribution in [0.3, 0.4) is 0 Å². The van der Waals surface area contributed by atoms with E-state index in [0.717, 1.165) is 48.3 Å². The lowest BCUT2D eigenvalue weighted by atomic mass is 10.1. The lowest BCUT2D eigenvalue weighted by Crippen LogP contribution is -2.18. The number of amides is 1. The van der Waals surface area contributed by atoms with E-state index < -0.39 is 11.7 Å². The summed E-state index contributed by atoms with van der Waals surface area (Å²) in [6.45, 7) is 0. The zero-order valence-corrected chi connectivity index (χ0v) is 15.0. The van der Waals surface area contributed by atoms with Gasteiger partial charge in [0.2, 0.25) is 5.91 Å². The Balaban J connectivity index is 1.59. The molecular formula is C21H18F3N3O. The van der Waals surface area contributed by atoms with Crippen LogP contribution in [0.5, 0.6) is 0 Å². The molecule has 1 aliphatic carbocycles. The molecule has 3 aromatic rings. The van der Waals surface area contributed by atoms with Crippen LogP contribution < -0.4 is 5.32 Å². The molecule has 1 aromatic heterocycles. The van der Waals surface area contributed by atoms with Crippen LogP contribution in [-0.2, 0) is 30.2 Å². The predicted octanol–water partition coefficient (Wildman–Crippen LogP) is 4.56. The first-order valence-electron chi connectivity index (χ1n) is 9.04. The van der Waals surface area contributed by atoms with Gasteiger partial charge < -0.3 is 5.32 Å². The van der Waals surface area contributed by atoms with Crippen molar-refractivity contribution in [3.05, 3.63) is 77.0 Å². The first kappa shape index (κ1) is 18.3.